The molecule has 142 valence electrons. The number of ether oxygens (including phenoxy) is 1. The second-order valence-electron chi connectivity index (χ2n) is 7.76. The van der Waals surface area contributed by atoms with Crippen molar-refractivity contribution < 1.29 is 17.5 Å². The van der Waals surface area contributed by atoms with E-state index in [4.69, 9.17) is 4.74 Å². The molecule has 3 unspecified atom stereocenters. The van der Waals surface area contributed by atoms with Gasteiger partial charge in [0.2, 0.25) is 0 Å². The Labute approximate surface area is 158 Å². The Morgan fingerprint density at radius 3 is 2.70 bits per heavy atom. The Balaban J connectivity index is 1.46. The lowest BCUT2D eigenvalue weighted by Crippen LogP contribution is -2.40. The molecule has 2 N–H and O–H groups in total. The van der Waals surface area contributed by atoms with Crippen LogP contribution in [0.4, 0.5) is 10.1 Å². The normalized spacial score (nSPS) is 26.4. The topological polar surface area (TPSA) is 67.4 Å². The first kappa shape index (κ1) is 17.0. The zero-order chi connectivity index (χ0) is 18.8. The Morgan fingerprint density at radius 2 is 1.96 bits per heavy atom. The van der Waals surface area contributed by atoms with Crippen molar-refractivity contribution in [1.82, 2.24) is 5.32 Å². The molecule has 7 heteroatoms. The highest BCUT2D eigenvalue weighted by molar-refractivity contribution is 7.92. The molecule has 2 heterocycles. The van der Waals surface area contributed by atoms with Crippen molar-refractivity contribution in [2.45, 2.75) is 23.7 Å². The number of hydrogen-bond acceptors (Lipinski definition) is 4. The van der Waals surface area contributed by atoms with Gasteiger partial charge in [-0.15, -0.1) is 0 Å². The molecule has 0 radical (unpaired) electrons. The molecule has 3 aliphatic rings. The molecule has 1 aliphatic carbocycles. The molecule has 5 rings (SSSR count). The van der Waals surface area contributed by atoms with Crippen LogP contribution in [0.1, 0.15) is 29.9 Å². The first-order valence-corrected chi connectivity index (χ1v) is 10.7. The third-order valence-corrected chi connectivity index (χ3v) is 7.56. The third kappa shape index (κ3) is 2.80. The molecular formula is C20H21FN2O3S. The van der Waals surface area contributed by atoms with Crippen LogP contribution < -0.4 is 14.8 Å². The fourth-order valence-corrected chi connectivity index (χ4v) is 5.63. The zero-order valence-corrected chi connectivity index (χ0v) is 15.7. The highest BCUT2D eigenvalue weighted by Crippen LogP contribution is 2.58. The lowest BCUT2D eigenvalue weighted by molar-refractivity contribution is 0.276. The van der Waals surface area contributed by atoms with E-state index in [0.717, 1.165) is 11.3 Å². The van der Waals surface area contributed by atoms with Gasteiger partial charge in [0.1, 0.15) is 11.6 Å². The predicted molar refractivity (Wildman–Crippen MR) is 100 cm³/mol. The van der Waals surface area contributed by atoms with E-state index in [-0.39, 0.29) is 10.8 Å². The van der Waals surface area contributed by atoms with Crippen LogP contribution in [0.15, 0.2) is 41.3 Å². The van der Waals surface area contributed by atoms with Gasteiger partial charge < -0.3 is 10.1 Å². The number of hydrogen-bond donors (Lipinski definition) is 2. The second kappa shape index (κ2) is 5.94. The molecule has 1 saturated carbocycles. The van der Waals surface area contributed by atoms with E-state index >= 15 is 0 Å². The van der Waals surface area contributed by atoms with E-state index in [1.54, 1.807) is 12.1 Å². The van der Waals surface area contributed by atoms with Gasteiger partial charge in [-0.1, -0.05) is 13.0 Å². The van der Waals surface area contributed by atoms with Gasteiger partial charge in [-0.25, -0.2) is 12.8 Å². The average molecular weight is 388 g/mol. The maximum absolute atomic E-state index is 13.7. The van der Waals surface area contributed by atoms with Crippen molar-refractivity contribution in [2.75, 3.05) is 24.4 Å². The fourth-order valence-electron chi connectivity index (χ4n) is 4.30. The Morgan fingerprint density at radius 1 is 1.15 bits per heavy atom. The van der Waals surface area contributed by atoms with Crippen molar-refractivity contribution in [3.8, 4) is 5.75 Å². The number of anilines is 1. The number of benzene rings is 2. The largest absolute Gasteiger partial charge is 0.493 e. The van der Waals surface area contributed by atoms with E-state index in [0.29, 0.717) is 48.7 Å². The van der Waals surface area contributed by atoms with Crippen molar-refractivity contribution in [2.24, 2.45) is 11.8 Å². The van der Waals surface area contributed by atoms with Crippen molar-refractivity contribution >= 4 is 15.7 Å². The molecule has 2 aliphatic heterocycles. The summed E-state index contributed by atoms with van der Waals surface area (Å²) in [5, 5.41) is 3.10. The van der Waals surface area contributed by atoms with Gasteiger partial charge in [-0.2, -0.15) is 0 Å². The van der Waals surface area contributed by atoms with Crippen LogP contribution in [-0.4, -0.2) is 28.1 Å². The molecule has 0 aromatic heterocycles. The van der Waals surface area contributed by atoms with E-state index in [9.17, 15) is 12.8 Å². The van der Waals surface area contributed by atoms with Crippen LogP contribution in [0.2, 0.25) is 0 Å². The summed E-state index contributed by atoms with van der Waals surface area (Å²) in [5.74, 6) is 2.06. The molecule has 3 atom stereocenters. The Bertz CT molecular complexity index is 1020. The van der Waals surface area contributed by atoms with Crippen molar-refractivity contribution in [3.63, 3.8) is 0 Å². The molecule has 0 bridgehead atoms. The van der Waals surface area contributed by atoms with E-state index < -0.39 is 15.8 Å². The molecule has 2 aromatic rings. The van der Waals surface area contributed by atoms with E-state index in [2.05, 4.69) is 17.0 Å². The highest BCUT2D eigenvalue weighted by Gasteiger charge is 2.51. The summed E-state index contributed by atoms with van der Waals surface area (Å²) in [6.45, 7) is 4.21. The van der Waals surface area contributed by atoms with Gasteiger partial charge in [0.25, 0.3) is 10.0 Å². The van der Waals surface area contributed by atoms with Gasteiger partial charge in [0.05, 0.1) is 17.2 Å². The summed E-state index contributed by atoms with van der Waals surface area (Å²) < 4.78 is 48.1. The molecular weight excluding hydrogens is 367 g/mol. The van der Waals surface area contributed by atoms with Gasteiger partial charge in [-0.05, 0) is 47.2 Å². The maximum Gasteiger partial charge on any atom is 0.262 e. The van der Waals surface area contributed by atoms with Crippen LogP contribution in [-0.2, 0) is 10.0 Å². The maximum atomic E-state index is 13.7. The van der Waals surface area contributed by atoms with Crippen LogP contribution in [0.25, 0.3) is 0 Å². The SMILES string of the molecule is CC1C2COc3cc(NS(=O)(=O)c4ccc(F)cc4C4CNC4)ccc3C12. The number of fused-ring (bicyclic) bond motifs is 3. The summed E-state index contributed by atoms with van der Waals surface area (Å²) in [7, 11) is -3.82. The molecule has 5 nitrogen and oxygen atoms in total. The van der Waals surface area contributed by atoms with Crippen LogP contribution >= 0.6 is 0 Å². The van der Waals surface area contributed by atoms with E-state index in [1.807, 2.05) is 6.07 Å². The van der Waals surface area contributed by atoms with Gasteiger partial charge in [0.15, 0.2) is 0 Å². The summed E-state index contributed by atoms with van der Waals surface area (Å²) in [6, 6.07) is 9.34. The fraction of sp³-hybridized carbons (Fsp3) is 0.400. The zero-order valence-electron chi connectivity index (χ0n) is 14.9. The van der Waals surface area contributed by atoms with Crippen LogP contribution in [0, 0.1) is 17.7 Å². The molecule has 1 saturated heterocycles. The van der Waals surface area contributed by atoms with E-state index in [1.165, 1.54) is 18.2 Å². The summed E-state index contributed by atoms with van der Waals surface area (Å²) in [4.78, 5) is 0.130. The van der Waals surface area contributed by atoms with Crippen LogP contribution in [0.3, 0.4) is 0 Å². The number of rotatable bonds is 4. The quantitative estimate of drug-likeness (QED) is 0.845. The minimum Gasteiger partial charge on any atom is -0.493 e. The van der Waals surface area contributed by atoms with Crippen LogP contribution in [0.5, 0.6) is 5.75 Å². The minimum atomic E-state index is -3.82. The average Bonchev–Trinajstić information content (AvgIpc) is 3.23. The third-order valence-electron chi connectivity index (χ3n) is 6.10. The summed E-state index contributed by atoms with van der Waals surface area (Å²) in [6.07, 6.45) is 0. The summed E-state index contributed by atoms with van der Waals surface area (Å²) in [5.41, 5.74) is 2.14. The highest BCUT2D eigenvalue weighted by atomic mass is 32.2. The summed E-state index contributed by atoms with van der Waals surface area (Å²) >= 11 is 0. The molecule has 2 fully saturated rings. The first-order chi connectivity index (χ1) is 12.9. The molecule has 2 aromatic carbocycles. The second-order valence-corrected chi connectivity index (χ2v) is 9.41. The number of sulfonamides is 1. The predicted octanol–water partition coefficient (Wildman–Crippen LogP) is 3.06. The minimum absolute atomic E-state index is 0.00688. The smallest absolute Gasteiger partial charge is 0.262 e. The lowest BCUT2D eigenvalue weighted by Gasteiger charge is -2.29. The Kier molecular flexibility index (Phi) is 3.74. The lowest BCUT2D eigenvalue weighted by atomic mass is 9.94. The number of nitrogens with one attached hydrogen (secondary N) is 2. The van der Waals surface area contributed by atoms with Crippen molar-refractivity contribution in [3.05, 3.63) is 53.3 Å². The molecule has 27 heavy (non-hydrogen) atoms. The number of halogens is 1. The molecule has 0 spiro atoms. The standard InChI is InChI=1S/C20H21FN2O3S/c1-11-17-10-26-18-7-14(3-4-15(18)20(11)17)23-27(24,25)19-5-2-13(21)6-16(19)12-8-22-9-12/h2-7,11-12,17,20,22-23H,8-10H2,1H3. The molecule has 0 amide bonds. The van der Waals surface area contributed by atoms with Gasteiger partial charge >= 0.3 is 0 Å². The Hall–Kier alpha value is -2.12. The van der Waals surface area contributed by atoms with Gasteiger partial charge in [-0.3, -0.25) is 4.72 Å². The van der Waals surface area contributed by atoms with Gasteiger partial charge in [0, 0.05) is 31.0 Å². The monoisotopic (exact) mass is 388 g/mol. The first-order valence-electron chi connectivity index (χ1n) is 9.24. The van der Waals surface area contributed by atoms with Crippen molar-refractivity contribution in [1.29, 1.82) is 0 Å².